The smallest absolute Gasteiger partial charge is 0.406 e. The fourth-order valence-electron chi connectivity index (χ4n) is 2.63. The van der Waals surface area contributed by atoms with Crippen molar-refractivity contribution in [3.63, 3.8) is 0 Å². The van der Waals surface area contributed by atoms with Crippen LogP contribution in [0.2, 0.25) is 0 Å². The van der Waals surface area contributed by atoms with Gasteiger partial charge in [0.2, 0.25) is 5.78 Å². The van der Waals surface area contributed by atoms with Crippen molar-refractivity contribution < 1.29 is 31.9 Å². The van der Waals surface area contributed by atoms with Gasteiger partial charge in [0.25, 0.3) is 0 Å². The normalized spacial score (nSPS) is 11.6. The lowest BCUT2D eigenvalue weighted by Gasteiger charge is -2.12. The van der Waals surface area contributed by atoms with E-state index in [1.807, 2.05) is 0 Å². The van der Waals surface area contributed by atoms with Crippen molar-refractivity contribution >= 4 is 11.8 Å². The molecular formula is C17H18F3NO4. The van der Waals surface area contributed by atoms with Gasteiger partial charge in [0, 0.05) is 17.0 Å². The topological polar surface area (TPSA) is 61.4 Å². The number of furan rings is 1. The predicted octanol–water partition coefficient (Wildman–Crippen LogP) is 3.92. The molecular weight excluding hydrogens is 339 g/mol. The van der Waals surface area contributed by atoms with E-state index in [1.54, 1.807) is 13.8 Å². The number of carbonyl (C=O) groups is 2. The highest BCUT2D eigenvalue weighted by atomic mass is 19.4. The molecule has 0 aliphatic heterocycles. The molecule has 0 spiro atoms. The van der Waals surface area contributed by atoms with Gasteiger partial charge in [-0.2, -0.15) is 13.2 Å². The van der Waals surface area contributed by atoms with Crippen molar-refractivity contribution in [2.45, 2.75) is 40.4 Å². The summed E-state index contributed by atoms with van der Waals surface area (Å²) in [7, 11) is 0. The number of ketones is 1. The number of carbonyl (C=O) groups excluding carboxylic acids is 2. The van der Waals surface area contributed by atoms with Gasteiger partial charge in [-0.1, -0.05) is 0 Å². The Hall–Kier alpha value is -2.51. The van der Waals surface area contributed by atoms with Crippen LogP contribution in [0.3, 0.4) is 0 Å². The number of halogens is 3. The molecule has 2 heterocycles. The Morgan fingerprint density at radius 2 is 1.76 bits per heavy atom. The Morgan fingerprint density at radius 1 is 1.12 bits per heavy atom. The zero-order chi connectivity index (χ0) is 18.9. The number of aromatic nitrogens is 1. The van der Waals surface area contributed by atoms with Gasteiger partial charge in [-0.3, -0.25) is 4.79 Å². The van der Waals surface area contributed by atoms with Crippen LogP contribution in [0.1, 0.15) is 43.6 Å². The first-order chi connectivity index (χ1) is 11.5. The summed E-state index contributed by atoms with van der Waals surface area (Å²) in [4.78, 5) is 24.2. The van der Waals surface area contributed by atoms with E-state index in [9.17, 15) is 22.8 Å². The molecule has 0 saturated heterocycles. The lowest BCUT2D eigenvalue weighted by molar-refractivity contribution is -0.141. The van der Waals surface area contributed by atoms with Crippen LogP contribution in [0.4, 0.5) is 13.2 Å². The van der Waals surface area contributed by atoms with Gasteiger partial charge in [0.05, 0.1) is 0 Å². The Labute approximate surface area is 142 Å². The van der Waals surface area contributed by atoms with E-state index in [4.69, 9.17) is 9.15 Å². The molecule has 0 N–H and O–H groups in total. The Morgan fingerprint density at radius 3 is 2.28 bits per heavy atom. The van der Waals surface area contributed by atoms with Crippen LogP contribution in [0.15, 0.2) is 16.5 Å². The van der Waals surface area contributed by atoms with Crippen LogP contribution in [0.25, 0.3) is 0 Å². The van der Waals surface area contributed by atoms with Crippen molar-refractivity contribution in [2.75, 3.05) is 6.61 Å². The number of hydrogen-bond donors (Lipinski definition) is 0. The summed E-state index contributed by atoms with van der Waals surface area (Å²) in [6, 6.07) is 2.86. The summed E-state index contributed by atoms with van der Waals surface area (Å²) in [5.74, 6) is -0.371. The summed E-state index contributed by atoms with van der Waals surface area (Å²) in [5, 5.41) is 0. The third-order valence-electron chi connectivity index (χ3n) is 3.81. The molecule has 0 saturated carbocycles. The third-order valence-corrected chi connectivity index (χ3v) is 3.81. The molecule has 2 aromatic heterocycles. The molecule has 2 aromatic rings. The number of alkyl halides is 3. The minimum atomic E-state index is -4.39. The van der Waals surface area contributed by atoms with Gasteiger partial charge in [0.15, 0.2) is 6.61 Å². The first kappa shape index (κ1) is 18.8. The number of esters is 1. The van der Waals surface area contributed by atoms with Crippen molar-refractivity contribution in [3.8, 4) is 0 Å². The van der Waals surface area contributed by atoms with E-state index < -0.39 is 31.1 Å². The van der Waals surface area contributed by atoms with Gasteiger partial charge in [0.1, 0.15) is 23.6 Å². The minimum absolute atomic E-state index is 0.106. The average Bonchev–Trinajstić information content (AvgIpc) is 2.96. The molecule has 0 aliphatic carbocycles. The quantitative estimate of drug-likeness (QED) is 0.601. The standard InChI is InChI=1S/C17H18F3NO4/c1-9-5-13(11(3)21(9)8-17(18,19)20)15(22)7-24-16(23)14-6-10(2)25-12(14)4/h5-6H,7-8H2,1-4H3. The molecule has 25 heavy (non-hydrogen) atoms. The van der Waals surface area contributed by atoms with E-state index in [2.05, 4.69) is 0 Å². The Balaban J connectivity index is 2.10. The molecule has 136 valence electrons. The number of nitrogens with zero attached hydrogens (tertiary/aromatic N) is 1. The van der Waals surface area contributed by atoms with Crippen LogP contribution in [0.5, 0.6) is 0 Å². The predicted molar refractivity (Wildman–Crippen MR) is 82.8 cm³/mol. The van der Waals surface area contributed by atoms with E-state index >= 15 is 0 Å². The molecule has 0 aliphatic rings. The first-order valence-corrected chi connectivity index (χ1v) is 7.50. The maximum Gasteiger partial charge on any atom is 0.406 e. The van der Waals surface area contributed by atoms with E-state index in [0.717, 1.165) is 4.57 Å². The molecule has 0 radical (unpaired) electrons. The molecule has 0 aromatic carbocycles. The van der Waals surface area contributed by atoms with E-state index in [0.29, 0.717) is 17.2 Å². The van der Waals surface area contributed by atoms with Crippen molar-refractivity contribution in [3.05, 3.63) is 46.2 Å². The lowest BCUT2D eigenvalue weighted by Crippen LogP contribution is -2.20. The maximum absolute atomic E-state index is 12.6. The monoisotopic (exact) mass is 357 g/mol. The Bertz CT molecular complexity index is 815. The van der Waals surface area contributed by atoms with Crippen molar-refractivity contribution in [1.82, 2.24) is 4.57 Å². The molecule has 0 unspecified atom stereocenters. The summed E-state index contributed by atoms with van der Waals surface area (Å²) in [5.41, 5.74) is 0.819. The van der Waals surface area contributed by atoms with Gasteiger partial charge in [-0.15, -0.1) is 0 Å². The van der Waals surface area contributed by atoms with Crippen molar-refractivity contribution in [1.29, 1.82) is 0 Å². The summed E-state index contributed by atoms with van der Waals surface area (Å²) in [6.07, 6.45) is -4.39. The van der Waals surface area contributed by atoms with Crippen molar-refractivity contribution in [2.24, 2.45) is 0 Å². The van der Waals surface area contributed by atoms with Gasteiger partial charge >= 0.3 is 12.1 Å². The molecule has 2 rings (SSSR count). The zero-order valence-electron chi connectivity index (χ0n) is 14.3. The molecule has 5 nitrogen and oxygen atoms in total. The molecule has 8 heteroatoms. The van der Waals surface area contributed by atoms with Crippen LogP contribution in [-0.2, 0) is 11.3 Å². The number of Topliss-reactive ketones (excluding diaryl/α,β-unsaturated/α-hetero) is 1. The van der Waals surface area contributed by atoms with Gasteiger partial charge in [-0.25, -0.2) is 4.79 Å². The number of rotatable bonds is 5. The first-order valence-electron chi connectivity index (χ1n) is 7.50. The van der Waals surface area contributed by atoms with Crippen LogP contribution >= 0.6 is 0 Å². The fourth-order valence-corrected chi connectivity index (χ4v) is 2.63. The zero-order valence-corrected chi connectivity index (χ0v) is 14.3. The van der Waals surface area contributed by atoms with Gasteiger partial charge < -0.3 is 13.7 Å². The fraction of sp³-hybridized carbons (Fsp3) is 0.412. The molecule has 0 atom stereocenters. The highest BCUT2D eigenvalue weighted by Gasteiger charge is 2.30. The van der Waals surface area contributed by atoms with Crippen LogP contribution in [0, 0.1) is 27.7 Å². The maximum atomic E-state index is 12.6. The SMILES string of the molecule is Cc1cc(C(=O)OCC(=O)c2cc(C)n(CC(F)(F)F)c2C)c(C)o1. The molecule has 0 fully saturated rings. The number of ether oxygens (including phenoxy) is 1. The lowest BCUT2D eigenvalue weighted by atomic mass is 10.1. The number of aryl methyl sites for hydroxylation is 3. The van der Waals surface area contributed by atoms with E-state index in [-0.39, 0.29) is 16.8 Å². The second-order valence-electron chi connectivity index (χ2n) is 5.81. The summed E-state index contributed by atoms with van der Waals surface area (Å²) in [6.45, 7) is 4.45. The highest BCUT2D eigenvalue weighted by molar-refractivity contribution is 6.00. The minimum Gasteiger partial charge on any atom is -0.466 e. The highest BCUT2D eigenvalue weighted by Crippen LogP contribution is 2.23. The van der Waals surface area contributed by atoms with Crippen LogP contribution in [-0.4, -0.2) is 29.1 Å². The average molecular weight is 357 g/mol. The second kappa shape index (κ2) is 6.78. The Kier molecular flexibility index (Phi) is 5.10. The second-order valence-corrected chi connectivity index (χ2v) is 5.81. The van der Waals surface area contributed by atoms with Crippen LogP contribution < -0.4 is 0 Å². The summed E-state index contributed by atoms with van der Waals surface area (Å²) >= 11 is 0. The number of hydrogen-bond acceptors (Lipinski definition) is 4. The largest absolute Gasteiger partial charge is 0.466 e. The third kappa shape index (κ3) is 4.32. The summed E-state index contributed by atoms with van der Waals surface area (Å²) < 4.78 is 49.0. The molecule has 0 amide bonds. The van der Waals surface area contributed by atoms with Gasteiger partial charge in [-0.05, 0) is 39.8 Å². The molecule has 0 bridgehead atoms. The van der Waals surface area contributed by atoms with E-state index in [1.165, 1.54) is 26.0 Å².